The summed E-state index contributed by atoms with van der Waals surface area (Å²) in [6.45, 7) is 1.70. The average molecular weight is 324 g/mol. The van der Waals surface area contributed by atoms with Gasteiger partial charge in [0.05, 0.1) is 6.54 Å². The van der Waals surface area contributed by atoms with Gasteiger partial charge in [0.15, 0.2) is 5.78 Å². The highest BCUT2D eigenvalue weighted by atomic mass is 79.9. The number of carbonyl (C=O) groups excluding carboxylic acids is 3. The second-order valence-corrected chi connectivity index (χ2v) is 5.74. The molecule has 0 bridgehead atoms. The van der Waals surface area contributed by atoms with E-state index in [1.165, 1.54) is 0 Å². The van der Waals surface area contributed by atoms with Gasteiger partial charge in [-0.25, -0.2) is 0 Å². The summed E-state index contributed by atoms with van der Waals surface area (Å²) in [6, 6.07) is 6.92. The molecule has 2 amide bonds. The van der Waals surface area contributed by atoms with Crippen LogP contribution in [0.5, 0.6) is 0 Å². The molecule has 5 heteroatoms. The van der Waals surface area contributed by atoms with E-state index in [9.17, 15) is 14.4 Å². The number of Topliss-reactive ketones (excluding diaryl/α,β-unsaturated/α-hetero) is 1. The molecule has 1 aliphatic rings. The second-order valence-electron chi connectivity index (χ2n) is 4.82. The lowest BCUT2D eigenvalue weighted by atomic mass is 9.97. The van der Waals surface area contributed by atoms with Gasteiger partial charge in [0.2, 0.25) is 11.8 Å². The predicted molar refractivity (Wildman–Crippen MR) is 73.6 cm³/mol. The number of ketones is 1. The van der Waals surface area contributed by atoms with Gasteiger partial charge in [-0.2, -0.15) is 0 Å². The van der Waals surface area contributed by atoms with Crippen LogP contribution in [0, 0.1) is 5.92 Å². The normalized spacial score (nSPS) is 16.8. The Hall–Kier alpha value is -1.49. The van der Waals surface area contributed by atoms with E-state index in [4.69, 9.17) is 0 Å². The highest BCUT2D eigenvalue weighted by molar-refractivity contribution is 9.10. The summed E-state index contributed by atoms with van der Waals surface area (Å²) in [4.78, 5) is 36.7. The fraction of sp³-hybridized carbons (Fsp3) is 0.357. The summed E-state index contributed by atoms with van der Waals surface area (Å²) in [7, 11) is 0. The van der Waals surface area contributed by atoms with Gasteiger partial charge < -0.3 is 0 Å². The van der Waals surface area contributed by atoms with E-state index in [-0.39, 0.29) is 30.1 Å². The number of amides is 2. The predicted octanol–water partition coefficient (Wildman–Crippen LogP) is 2.42. The van der Waals surface area contributed by atoms with E-state index in [2.05, 4.69) is 15.9 Å². The lowest BCUT2D eigenvalue weighted by molar-refractivity contribution is -0.149. The highest BCUT2D eigenvalue weighted by Crippen LogP contribution is 2.19. The summed E-state index contributed by atoms with van der Waals surface area (Å²) in [5.41, 5.74) is 0.494. The first kappa shape index (κ1) is 13.9. The number of likely N-dealkylation sites (tertiary alicyclic amines) is 1. The molecule has 0 atom stereocenters. The summed E-state index contributed by atoms with van der Waals surface area (Å²) in [6.07, 6.45) is 0.662. The van der Waals surface area contributed by atoms with E-state index in [0.29, 0.717) is 18.4 Å². The maximum Gasteiger partial charge on any atom is 0.229 e. The van der Waals surface area contributed by atoms with Gasteiger partial charge in [-0.1, -0.05) is 35.0 Å². The van der Waals surface area contributed by atoms with E-state index < -0.39 is 0 Å². The van der Waals surface area contributed by atoms with Crippen molar-refractivity contribution in [3.8, 4) is 0 Å². The minimum absolute atomic E-state index is 0.0669. The number of carbonyl (C=O) groups is 3. The zero-order valence-corrected chi connectivity index (χ0v) is 12.1. The topological polar surface area (TPSA) is 54.5 Å². The molecule has 1 aliphatic heterocycles. The van der Waals surface area contributed by atoms with Gasteiger partial charge in [0.1, 0.15) is 0 Å². The Morgan fingerprint density at radius 2 is 1.95 bits per heavy atom. The molecule has 1 aromatic rings. The van der Waals surface area contributed by atoms with Crippen molar-refractivity contribution in [2.75, 3.05) is 6.54 Å². The molecule has 1 aromatic carbocycles. The summed E-state index contributed by atoms with van der Waals surface area (Å²) in [5, 5.41) is 0. The monoisotopic (exact) mass is 323 g/mol. The lowest BCUT2D eigenvalue weighted by Gasteiger charge is -2.27. The molecule has 1 heterocycles. The third-order valence-corrected chi connectivity index (χ3v) is 3.59. The fourth-order valence-corrected chi connectivity index (χ4v) is 2.50. The maximum absolute atomic E-state index is 12.1. The lowest BCUT2D eigenvalue weighted by Crippen LogP contribution is -2.45. The smallest absolute Gasteiger partial charge is 0.229 e. The number of halogens is 1. The maximum atomic E-state index is 12.1. The number of hydrogen-bond acceptors (Lipinski definition) is 3. The summed E-state index contributed by atoms with van der Waals surface area (Å²) < 4.78 is 0.795. The van der Waals surface area contributed by atoms with Crippen molar-refractivity contribution in [2.24, 2.45) is 5.92 Å². The van der Waals surface area contributed by atoms with E-state index in [1.54, 1.807) is 18.2 Å². The molecule has 0 radical (unpaired) electrons. The summed E-state index contributed by atoms with van der Waals surface area (Å²) in [5.74, 6) is -0.672. The molecule has 0 unspecified atom stereocenters. The Morgan fingerprint density at radius 1 is 1.32 bits per heavy atom. The number of rotatable bonds is 3. The molecule has 0 saturated carbocycles. The minimum atomic E-state index is -0.257. The van der Waals surface area contributed by atoms with Crippen molar-refractivity contribution in [1.29, 1.82) is 0 Å². The molecule has 0 N–H and O–H groups in total. The Labute approximate surface area is 119 Å². The SMILES string of the molecule is CC1CC(=O)N(CC(=O)c2cccc(Br)c2)C(=O)C1. The van der Waals surface area contributed by atoms with E-state index in [0.717, 1.165) is 9.37 Å². The van der Waals surface area contributed by atoms with Crippen LogP contribution in [0.25, 0.3) is 0 Å². The first-order valence-corrected chi connectivity index (χ1v) is 6.88. The number of nitrogens with zero attached hydrogens (tertiary/aromatic N) is 1. The van der Waals surface area contributed by atoms with Crippen LogP contribution in [0.1, 0.15) is 30.1 Å². The Morgan fingerprint density at radius 3 is 2.53 bits per heavy atom. The molecule has 100 valence electrons. The molecule has 0 aliphatic carbocycles. The number of imide groups is 1. The van der Waals surface area contributed by atoms with Crippen molar-refractivity contribution in [3.63, 3.8) is 0 Å². The molecular weight excluding hydrogens is 310 g/mol. The standard InChI is InChI=1S/C14H14BrNO3/c1-9-5-13(18)16(14(19)6-9)8-12(17)10-3-2-4-11(15)7-10/h2-4,7,9H,5-6,8H2,1H3. The van der Waals surface area contributed by atoms with Gasteiger partial charge in [-0.15, -0.1) is 0 Å². The van der Waals surface area contributed by atoms with Crippen molar-refractivity contribution < 1.29 is 14.4 Å². The molecule has 0 spiro atoms. The Bertz CT molecular complexity index is 523. The average Bonchev–Trinajstić information content (AvgIpc) is 2.33. The van der Waals surface area contributed by atoms with Crippen LogP contribution >= 0.6 is 15.9 Å². The van der Waals surface area contributed by atoms with Gasteiger partial charge in [-0.05, 0) is 18.1 Å². The van der Waals surface area contributed by atoms with Crippen LogP contribution in [0.4, 0.5) is 0 Å². The molecule has 1 saturated heterocycles. The Kier molecular flexibility index (Phi) is 4.14. The first-order valence-electron chi connectivity index (χ1n) is 6.09. The van der Waals surface area contributed by atoms with Crippen LogP contribution in [0.2, 0.25) is 0 Å². The molecule has 4 nitrogen and oxygen atoms in total. The van der Waals surface area contributed by atoms with Crippen LogP contribution in [0.3, 0.4) is 0 Å². The van der Waals surface area contributed by atoms with Crippen LogP contribution in [0.15, 0.2) is 28.7 Å². The highest BCUT2D eigenvalue weighted by Gasteiger charge is 2.31. The molecule has 1 fully saturated rings. The summed E-state index contributed by atoms with van der Waals surface area (Å²) >= 11 is 3.29. The van der Waals surface area contributed by atoms with Crippen molar-refractivity contribution in [2.45, 2.75) is 19.8 Å². The van der Waals surface area contributed by atoms with Gasteiger partial charge in [0, 0.05) is 22.9 Å². The van der Waals surface area contributed by atoms with Crippen LogP contribution in [-0.2, 0) is 9.59 Å². The number of piperidine rings is 1. The fourth-order valence-electron chi connectivity index (χ4n) is 2.10. The zero-order chi connectivity index (χ0) is 14.0. The number of benzene rings is 1. The van der Waals surface area contributed by atoms with E-state index in [1.807, 2.05) is 13.0 Å². The quantitative estimate of drug-likeness (QED) is 0.634. The van der Waals surface area contributed by atoms with Gasteiger partial charge >= 0.3 is 0 Å². The van der Waals surface area contributed by atoms with Crippen molar-refractivity contribution >= 4 is 33.5 Å². The van der Waals surface area contributed by atoms with Crippen molar-refractivity contribution in [1.82, 2.24) is 4.90 Å². The van der Waals surface area contributed by atoms with Crippen LogP contribution in [-0.4, -0.2) is 29.0 Å². The molecule has 19 heavy (non-hydrogen) atoms. The number of hydrogen-bond donors (Lipinski definition) is 0. The van der Waals surface area contributed by atoms with E-state index >= 15 is 0 Å². The minimum Gasteiger partial charge on any atom is -0.292 e. The van der Waals surface area contributed by atoms with Gasteiger partial charge in [0.25, 0.3) is 0 Å². The van der Waals surface area contributed by atoms with Crippen LogP contribution < -0.4 is 0 Å². The molecular formula is C14H14BrNO3. The second kappa shape index (κ2) is 5.65. The van der Waals surface area contributed by atoms with Crippen molar-refractivity contribution in [3.05, 3.63) is 34.3 Å². The first-order chi connectivity index (χ1) is 8.97. The van der Waals surface area contributed by atoms with Gasteiger partial charge in [-0.3, -0.25) is 19.3 Å². The largest absolute Gasteiger partial charge is 0.292 e. The Balaban J connectivity index is 2.10. The molecule has 0 aromatic heterocycles. The molecule has 2 rings (SSSR count). The zero-order valence-electron chi connectivity index (χ0n) is 10.6. The third kappa shape index (κ3) is 3.29. The third-order valence-electron chi connectivity index (χ3n) is 3.10.